The number of carbonyl (C=O) groups excluding carboxylic acids is 1. The van der Waals surface area contributed by atoms with Crippen molar-refractivity contribution in [2.75, 3.05) is 0 Å². The molecule has 0 aliphatic rings. The van der Waals surface area contributed by atoms with Crippen LogP contribution in [-0.2, 0) is 17.6 Å². The maximum atomic E-state index is 12.7. The number of unbranched alkanes of at least 4 members (excludes halogenated alkanes) is 7. The summed E-state index contributed by atoms with van der Waals surface area (Å²) >= 11 is 0. The zero-order valence-corrected chi connectivity index (χ0v) is 27.7. The summed E-state index contributed by atoms with van der Waals surface area (Å²) < 4.78 is 5.76. The molecule has 4 heteroatoms. The maximum Gasteiger partial charge on any atom is 0.336 e. The van der Waals surface area contributed by atoms with E-state index in [0.29, 0.717) is 12.2 Å². The second-order valence-corrected chi connectivity index (χ2v) is 11.9. The van der Waals surface area contributed by atoms with Crippen molar-refractivity contribution in [2.24, 2.45) is 5.92 Å². The molecule has 2 aromatic rings. The molecule has 0 saturated heterocycles. The van der Waals surface area contributed by atoms with Crippen LogP contribution in [0.3, 0.4) is 0 Å². The van der Waals surface area contributed by atoms with Gasteiger partial charge in [-0.15, -0.1) is 0 Å². The lowest BCUT2D eigenvalue weighted by atomic mass is 9.99. The lowest BCUT2D eigenvalue weighted by Crippen LogP contribution is -2.07. The molecule has 45 heavy (non-hydrogen) atoms. The summed E-state index contributed by atoms with van der Waals surface area (Å²) in [6.45, 7) is 6.72. The fraction of sp³-hybridized carbons (Fsp3) is 0.390. The van der Waals surface area contributed by atoms with E-state index in [-0.39, 0.29) is 11.5 Å². The molecule has 0 heterocycles. The van der Waals surface area contributed by atoms with Crippen molar-refractivity contribution in [3.05, 3.63) is 120 Å². The van der Waals surface area contributed by atoms with Crippen molar-refractivity contribution in [2.45, 2.75) is 97.8 Å². The minimum atomic E-state index is -0.453. The highest BCUT2D eigenvalue weighted by Crippen LogP contribution is 2.32. The first-order valence-electron chi connectivity index (χ1n) is 16.8. The van der Waals surface area contributed by atoms with Crippen LogP contribution in [-0.4, -0.2) is 16.2 Å². The normalized spacial score (nSPS) is 12.4. The van der Waals surface area contributed by atoms with Crippen LogP contribution >= 0.6 is 0 Å². The summed E-state index contributed by atoms with van der Waals surface area (Å²) in [5.74, 6) is 1.29. The van der Waals surface area contributed by atoms with E-state index in [0.717, 1.165) is 61.1 Å². The second kappa shape index (κ2) is 23.3. The molecule has 0 fully saturated rings. The number of aryl methyl sites for hydroxylation is 1. The van der Waals surface area contributed by atoms with Crippen LogP contribution in [0.1, 0.15) is 102 Å². The molecular weight excluding hydrogens is 556 g/mol. The van der Waals surface area contributed by atoms with Gasteiger partial charge in [0.25, 0.3) is 0 Å². The summed E-state index contributed by atoms with van der Waals surface area (Å²) in [6.07, 6.45) is 35.3. The molecule has 0 aromatic heterocycles. The molecule has 0 bridgehead atoms. The Kier molecular flexibility index (Phi) is 19.3. The molecular formula is C41H54O4. The Morgan fingerprint density at radius 1 is 0.711 bits per heavy atom. The molecule has 0 spiro atoms. The minimum absolute atomic E-state index is 0.231. The number of allylic oxidation sites excluding steroid dienone is 10. The number of ether oxygens (including phenoxy) is 1. The van der Waals surface area contributed by atoms with Gasteiger partial charge in [-0.05, 0) is 67.0 Å². The van der Waals surface area contributed by atoms with E-state index in [2.05, 4.69) is 20.8 Å². The lowest BCUT2D eigenvalue weighted by Gasteiger charge is -2.14. The van der Waals surface area contributed by atoms with Gasteiger partial charge in [0.15, 0.2) is 0 Å². The van der Waals surface area contributed by atoms with Crippen molar-refractivity contribution in [3.8, 4) is 17.2 Å². The van der Waals surface area contributed by atoms with Crippen LogP contribution in [0.15, 0.2) is 103 Å². The average Bonchev–Trinajstić information content (AvgIpc) is 3.01. The average molecular weight is 611 g/mol. The van der Waals surface area contributed by atoms with Crippen molar-refractivity contribution >= 4 is 12.0 Å². The highest BCUT2D eigenvalue weighted by atomic mass is 16.5. The molecule has 0 saturated carbocycles. The third-order valence-electron chi connectivity index (χ3n) is 7.40. The van der Waals surface area contributed by atoms with Crippen LogP contribution < -0.4 is 4.74 Å². The Hall–Kier alpha value is -4.05. The van der Waals surface area contributed by atoms with Gasteiger partial charge in [-0.25, -0.2) is 4.79 Å². The van der Waals surface area contributed by atoms with Crippen LogP contribution in [0.25, 0.3) is 6.08 Å². The third-order valence-corrected chi connectivity index (χ3v) is 7.40. The topological polar surface area (TPSA) is 66.8 Å². The molecule has 2 rings (SSSR count). The van der Waals surface area contributed by atoms with Crippen molar-refractivity contribution in [3.63, 3.8) is 0 Å². The molecule has 0 unspecified atom stereocenters. The summed E-state index contributed by atoms with van der Waals surface area (Å²) in [6, 6.07) is 10.8. The first-order valence-corrected chi connectivity index (χ1v) is 16.8. The van der Waals surface area contributed by atoms with Gasteiger partial charge in [0.2, 0.25) is 0 Å². The fourth-order valence-corrected chi connectivity index (χ4v) is 4.86. The van der Waals surface area contributed by atoms with Gasteiger partial charge in [0.1, 0.15) is 17.2 Å². The first kappa shape index (κ1) is 37.1. The number of phenolic OH excluding ortho intramolecular Hbond substituents is 2. The molecule has 4 nitrogen and oxygen atoms in total. The Morgan fingerprint density at radius 2 is 1.29 bits per heavy atom. The predicted octanol–water partition coefficient (Wildman–Crippen LogP) is 11.2. The van der Waals surface area contributed by atoms with E-state index in [1.54, 1.807) is 24.3 Å². The Bertz CT molecular complexity index is 1290. The Labute approximate surface area is 272 Å². The molecule has 0 aliphatic heterocycles. The number of rotatable bonds is 21. The molecule has 0 aliphatic carbocycles. The zero-order chi connectivity index (χ0) is 32.5. The Balaban J connectivity index is 1.85. The van der Waals surface area contributed by atoms with E-state index in [1.165, 1.54) is 38.2 Å². The highest BCUT2D eigenvalue weighted by Gasteiger charge is 2.14. The van der Waals surface area contributed by atoms with E-state index < -0.39 is 5.97 Å². The number of benzene rings is 2. The number of hydrogen-bond acceptors (Lipinski definition) is 4. The molecule has 242 valence electrons. The Morgan fingerprint density at radius 3 is 1.93 bits per heavy atom. The molecule has 2 aromatic carbocycles. The van der Waals surface area contributed by atoms with E-state index >= 15 is 0 Å². The maximum absolute atomic E-state index is 12.7. The van der Waals surface area contributed by atoms with Gasteiger partial charge in [-0.1, -0.05) is 151 Å². The van der Waals surface area contributed by atoms with Crippen LogP contribution in [0.4, 0.5) is 0 Å². The van der Waals surface area contributed by atoms with Crippen molar-refractivity contribution in [1.82, 2.24) is 0 Å². The first-order chi connectivity index (χ1) is 21.9. The van der Waals surface area contributed by atoms with E-state index in [1.807, 2.05) is 78.9 Å². The number of carbonyl (C=O) groups is 1. The van der Waals surface area contributed by atoms with Crippen LogP contribution in [0.2, 0.25) is 0 Å². The van der Waals surface area contributed by atoms with Gasteiger partial charge in [-0.3, -0.25) is 0 Å². The van der Waals surface area contributed by atoms with Gasteiger partial charge in [0.05, 0.1) is 0 Å². The fourth-order valence-electron chi connectivity index (χ4n) is 4.86. The molecule has 2 N–H and O–H groups in total. The standard InChI is InChI=1S/C41H54O4/c1-4-5-18-25-36-32-39(43)38(26-21-16-13-12-14-19-23-34(2)3)40(33-36)45-41(44)27-22-17-11-9-7-6-8-10-15-20-24-35-28-30-37(42)31-29-35/h6-11,15,17,20,22,24,27-34,42-43H,4-5,12-14,16,18-19,21,23,25-26H2,1-3H3. The summed E-state index contributed by atoms with van der Waals surface area (Å²) in [5, 5.41) is 20.2. The van der Waals surface area contributed by atoms with Gasteiger partial charge >= 0.3 is 5.97 Å². The van der Waals surface area contributed by atoms with E-state index in [4.69, 9.17) is 4.74 Å². The quantitative estimate of drug-likeness (QED) is 0.0485. The molecule has 0 atom stereocenters. The SMILES string of the molecule is CCCCCc1cc(O)c(CCCCCCCCC(C)C)c(OC(=O)C=CC=CC=CC=CC=CC=Cc2ccc(O)cc2)c1. The second-order valence-electron chi connectivity index (χ2n) is 11.9. The summed E-state index contributed by atoms with van der Waals surface area (Å²) in [5.41, 5.74) is 2.75. The number of aromatic hydroxyl groups is 2. The van der Waals surface area contributed by atoms with Gasteiger partial charge in [-0.2, -0.15) is 0 Å². The summed E-state index contributed by atoms with van der Waals surface area (Å²) in [4.78, 5) is 12.7. The zero-order valence-electron chi connectivity index (χ0n) is 27.7. The van der Waals surface area contributed by atoms with Crippen molar-refractivity contribution < 1.29 is 19.7 Å². The third kappa shape index (κ3) is 17.7. The minimum Gasteiger partial charge on any atom is -0.508 e. The monoisotopic (exact) mass is 610 g/mol. The van der Waals surface area contributed by atoms with Gasteiger partial charge in [0, 0.05) is 11.6 Å². The number of phenols is 2. The van der Waals surface area contributed by atoms with E-state index in [9.17, 15) is 15.0 Å². The number of esters is 1. The number of hydrogen-bond donors (Lipinski definition) is 2. The van der Waals surface area contributed by atoms with Crippen LogP contribution in [0.5, 0.6) is 17.2 Å². The predicted molar refractivity (Wildman–Crippen MR) is 191 cm³/mol. The summed E-state index contributed by atoms with van der Waals surface area (Å²) in [7, 11) is 0. The molecule has 0 amide bonds. The van der Waals surface area contributed by atoms with Crippen molar-refractivity contribution in [1.29, 1.82) is 0 Å². The molecule has 0 radical (unpaired) electrons. The lowest BCUT2D eigenvalue weighted by molar-refractivity contribution is -0.129. The van der Waals surface area contributed by atoms with Crippen LogP contribution in [0, 0.1) is 5.92 Å². The highest BCUT2D eigenvalue weighted by molar-refractivity contribution is 5.84. The smallest absolute Gasteiger partial charge is 0.336 e. The van der Waals surface area contributed by atoms with Gasteiger partial charge < -0.3 is 14.9 Å². The largest absolute Gasteiger partial charge is 0.508 e.